The van der Waals surface area contributed by atoms with Crippen LogP contribution in [0, 0.1) is 13.8 Å². The molecule has 0 saturated heterocycles. The minimum Gasteiger partial charge on any atom is -0.484 e. The summed E-state index contributed by atoms with van der Waals surface area (Å²) in [7, 11) is 0. The van der Waals surface area contributed by atoms with E-state index in [1.165, 1.54) is 4.90 Å². The molecule has 0 saturated carbocycles. The van der Waals surface area contributed by atoms with Gasteiger partial charge in [0.05, 0.1) is 0 Å². The van der Waals surface area contributed by atoms with Gasteiger partial charge in [0, 0.05) is 23.1 Å². The van der Waals surface area contributed by atoms with Crippen molar-refractivity contribution >= 4 is 35.0 Å². The Morgan fingerprint density at radius 3 is 2.39 bits per heavy atom. The van der Waals surface area contributed by atoms with Gasteiger partial charge in [0.1, 0.15) is 11.8 Å². The molecule has 5 nitrogen and oxygen atoms in total. The lowest BCUT2D eigenvalue weighted by Gasteiger charge is -2.29. The van der Waals surface area contributed by atoms with E-state index in [1.807, 2.05) is 32.0 Å². The summed E-state index contributed by atoms with van der Waals surface area (Å²) < 4.78 is 5.75. The number of halogens is 2. The quantitative estimate of drug-likeness (QED) is 0.483. The van der Waals surface area contributed by atoms with Crippen LogP contribution in [-0.2, 0) is 16.1 Å². The molecule has 31 heavy (non-hydrogen) atoms. The third kappa shape index (κ3) is 7.75. The highest BCUT2D eigenvalue weighted by molar-refractivity contribution is 6.35. The maximum Gasteiger partial charge on any atom is 0.261 e. The predicted molar refractivity (Wildman–Crippen MR) is 126 cm³/mol. The van der Waals surface area contributed by atoms with Gasteiger partial charge in [0.2, 0.25) is 5.91 Å². The van der Waals surface area contributed by atoms with Gasteiger partial charge < -0.3 is 15.0 Å². The zero-order valence-corrected chi connectivity index (χ0v) is 20.0. The van der Waals surface area contributed by atoms with E-state index in [2.05, 4.69) is 12.2 Å². The molecule has 1 atom stereocenters. The van der Waals surface area contributed by atoms with Gasteiger partial charge in [-0.25, -0.2) is 0 Å². The lowest BCUT2D eigenvalue weighted by atomic mass is 10.1. The van der Waals surface area contributed by atoms with Crippen LogP contribution in [0.1, 0.15) is 43.4 Å². The lowest BCUT2D eigenvalue weighted by Crippen LogP contribution is -2.49. The van der Waals surface area contributed by atoms with Gasteiger partial charge in [0.25, 0.3) is 5.91 Å². The molecule has 0 aliphatic carbocycles. The van der Waals surface area contributed by atoms with Crippen molar-refractivity contribution in [1.29, 1.82) is 0 Å². The Morgan fingerprint density at radius 1 is 1.10 bits per heavy atom. The predicted octanol–water partition coefficient (Wildman–Crippen LogP) is 5.32. The van der Waals surface area contributed by atoms with Gasteiger partial charge in [-0.1, -0.05) is 48.7 Å². The van der Waals surface area contributed by atoms with Crippen LogP contribution < -0.4 is 10.1 Å². The summed E-state index contributed by atoms with van der Waals surface area (Å²) in [6, 6.07) is 10.2. The molecule has 0 aromatic heterocycles. The Bertz CT molecular complexity index is 897. The van der Waals surface area contributed by atoms with Gasteiger partial charge in [-0.05, 0) is 68.1 Å². The number of nitrogens with one attached hydrogen (secondary N) is 1. The molecule has 168 valence electrons. The first-order valence-corrected chi connectivity index (χ1v) is 11.2. The molecule has 2 aromatic carbocycles. The molecule has 2 rings (SSSR count). The Hall–Kier alpha value is -2.24. The molecule has 0 spiro atoms. The first-order valence-electron chi connectivity index (χ1n) is 10.4. The van der Waals surface area contributed by atoms with Crippen LogP contribution in [0.4, 0.5) is 0 Å². The van der Waals surface area contributed by atoms with Crippen molar-refractivity contribution in [2.75, 3.05) is 13.2 Å². The highest BCUT2D eigenvalue weighted by atomic mass is 35.5. The fraction of sp³-hybridized carbons (Fsp3) is 0.417. The molecule has 7 heteroatoms. The molecule has 0 bridgehead atoms. The van der Waals surface area contributed by atoms with E-state index in [9.17, 15) is 9.59 Å². The van der Waals surface area contributed by atoms with Gasteiger partial charge in [-0.3, -0.25) is 9.59 Å². The molecule has 0 heterocycles. The fourth-order valence-electron chi connectivity index (χ4n) is 3.20. The number of hydrogen-bond donors (Lipinski definition) is 1. The molecular formula is C24H30Cl2N2O3. The van der Waals surface area contributed by atoms with E-state index >= 15 is 0 Å². The Labute approximate surface area is 194 Å². The van der Waals surface area contributed by atoms with Crippen molar-refractivity contribution in [3.05, 3.63) is 63.1 Å². The largest absolute Gasteiger partial charge is 0.484 e. The number of carbonyl (C=O) groups excluding carboxylic acids is 2. The van der Waals surface area contributed by atoms with Crippen molar-refractivity contribution in [2.45, 2.75) is 53.1 Å². The van der Waals surface area contributed by atoms with E-state index in [-0.39, 0.29) is 25.0 Å². The minimum absolute atomic E-state index is 0.174. The zero-order valence-electron chi connectivity index (χ0n) is 18.5. The van der Waals surface area contributed by atoms with Crippen LogP contribution in [-0.4, -0.2) is 35.9 Å². The highest BCUT2D eigenvalue weighted by Crippen LogP contribution is 2.23. The van der Waals surface area contributed by atoms with Crippen molar-refractivity contribution in [1.82, 2.24) is 10.2 Å². The number of ether oxygens (including phenoxy) is 1. The summed E-state index contributed by atoms with van der Waals surface area (Å²) in [5, 5.41) is 3.84. The Balaban J connectivity index is 2.18. The van der Waals surface area contributed by atoms with Crippen molar-refractivity contribution in [3.63, 3.8) is 0 Å². The maximum atomic E-state index is 13.1. The van der Waals surface area contributed by atoms with E-state index in [0.29, 0.717) is 27.9 Å². The van der Waals surface area contributed by atoms with Gasteiger partial charge in [-0.15, -0.1) is 0 Å². The number of hydrogen-bond acceptors (Lipinski definition) is 3. The fourth-order valence-corrected chi connectivity index (χ4v) is 3.66. The van der Waals surface area contributed by atoms with E-state index in [4.69, 9.17) is 27.9 Å². The number of rotatable bonds is 10. The van der Waals surface area contributed by atoms with Crippen LogP contribution in [0.25, 0.3) is 0 Å². The van der Waals surface area contributed by atoms with Crippen LogP contribution in [0.5, 0.6) is 5.75 Å². The van der Waals surface area contributed by atoms with Crippen molar-refractivity contribution in [3.8, 4) is 5.75 Å². The maximum absolute atomic E-state index is 13.1. The third-order valence-corrected chi connectivity index (χ3v) is 5.50. The van der Waals surface area contributed by atoms with E-state index in [0.717, 1.165) is 24.0 Å². The molecule has 0 unspecified atom stereocenters. The number of amides is 2. The molecule has 0 aliphatic heterocycles. The number of benzene rings is 2. The first kappa shape index (κ1) is 25.0. The molecule has 0 aliphatic rings. The number of unbranched alkanes of at least 4 members (excludes halogenated alkanes) is 1. The first-order chi connectivity index (χ1) is 14.7. The summed E-state index contributed by atoms with van der Waals surface area (Å²) in [5.41, 5.74) is 2.81. The molecular weight excluding hydrogens is 435 g/mol. The highest BCUT2D eigenvalue weighted by Gasteiger charge is 2.27. The van der Waals surface area contributed by atoms with Crippen LogP contribution in [0.3, 0.4) is 0 Å². The molecule has 0 radical (unpaired) electrons. The van der Waals surface area contributed by atoms with Crippen LogP contribution in [0.2, 0.25) is 10.0 Å². The smallest absolute Gasteiger partial charge is 0.261 e. The second-order valence-electron chi connectivity index (χ2n) is 7.69. The normalized spacial score (nSPS) is 11.7. The average Bonchev–Trinajstić information content (AvgIpc) is 2.70. The van der Waals surface area contributed by atoms with Crippen molar-refractivity contribution < 1.29 is 14.3 Å². The van der Waals surface area contributed by atoms with Crippen LogP contribution >= 0.6 is 23.2 Å². The Morgan fingerprint density at radius 2 is 1.77 bits per heavy atom. The monoisotopic (exact) mass is 464 g/mol. The van der Waals surface area contributed by atoms with Gasteiger partial charge in [0.15, 0.2) is 6.61 Å². The SMILES string of the molecule is CCCCNC(=O)[C@H](C)N(Cc1ccc(Cl)cc1Cl)C(=O)COc1cc(C)cc(C)c1. The van der Waals surface area contributed by atoms with Crippen molar-refractivity contribution in [2.24, 2.45) is 0 Å². The zero-order chi connectivity index (χ0) is 23.0. The standard InChI is InChI=1S/C24H30Cl2N2O3/c1-5-6-9-27-24(30)18(4)28(14-19-7-8-20(25)13-22(19)26)23(29)15-31-21-11-16(2)10-17(3)12-21/h7-8,10-13,18H,5-6,9,14-15H2,1-4H3,(H,27,30)/t18-/m0/s1. The summed E-state index contributed by atoms with van der Waals surface area (Å²) in [5.74, 6) is 0.108. The topological polar surface area (TPSA) is 58.6 Å². The average molecular weight is 465 g/mol. The number of aryl methyl sites for hydroxylation is 2. The summed E-state index contributed by atoms with van der Waals surface area (Å²) in [4.78, 5) is 27.2. The third-order valence-electron chi connectivity index (χ3n) is 4.91. The minimum atomic E-state index is -0.682. The molecule has 1 N–H and O–H groups in total. The van der Waals surface area contributed by atoms with E-state index < -0.39 is 6.04 Å². The summed E-state index contributed by atoms with van der Waals surface area (Å²) in [6.07, 6.45) is 1.85. The number of nitrogens with zero attached hydrogens (tertiary/aromatic N) is 1. The Kier molecular flexibility index (Phi) is 9.66. The summed E-state index contributed by atoms with van der Waals surface area (Å²) in [6.45, 7) is 8.27. The van der Waals surface area contributed by atoms with Gasteiger partial charge in [-0.2, -0.15) is 0 Å². The lowest BCUT2D eigenvalue weighted by molar-refractivity contribution is -0.142. The van der Waals surface area contributed by atoms with Crippen LogP contribution in [0.15, 0.2) is 36.4 Å². The molecule has 2 aromatic rings. The second kappa shape index (κ2) is 12.0. The van der Waals surface area contributed by atoms with Gasteiger partial charge >= 0.3 is 0 Å². The molecule has 0 fully saturated rings. The number of carbonyl (C=O) groups is 2. The molecule has 2 amide bonds. The van der Waals surface area contributed by atoms with E-state index in [1.54, 1.807) is 25.1 Å². The second-order valence-corrected chi connectivity index (χ2v) is 8.53. The summed E-state index contributed by atoms with van der Waals surface area (Å²) >= 11 is 12.3.